The molecule has 0 aliphatic carbocycles. The van der Waals surface area contributed by atoms with Gasteiger partial charge in [-0.3, -0.25) is 4.79 Å². The predicted octanol–water partition coefficient (Wildman–Crippen LogP) is -0.0203. The molecule has 0 spiro atoms. The molecule has 0 saturated carbocycles. The van der Waals surface area contributed by atoms with Crippen LogP contribution in [0.25, 0.3) is 22.3 Å². The van der Waals surface area contributed by atoms with E-state index < -0.39 is 78.2 Å². The fraction of sp³-hybridized carbons (Fsp3) is 0.464. The molecule has 1 unspecified atom stereocenters. The number of benzene rings is 2. The molecule has 3 aromatic rings. The minimum Gasteiger partial charge on any atom is -0.507 e. The Labute approximate surface area is 238 Å². The summed E-state index contributed by atoms with van der Waals surface area (Å²) in [5.41, 5.74) is -0.942. The summed E-state index contributed by atoms with van der Waals surface area (Å²) in [6, 6.07) is 6.39. The Balaban J connectivity index is 1.58. The molecule has 5 rings (SSSR count). The largest absolute Gasteiger partial charge is 0.507 e. The van der Waals surface area contributed by atoms with Gasteiger partial charge in [0.15, 0.2) is 23.2 Å². The van der Waals surface area contributed by atoms with Crippen LogP contribution in [0.1, 0.15) is 25.5 Å². The number of aromatic hydroxyl groups is 3. The van der Waals surface area contributed by atoms with Crippen molar-refractivity contribution in [3.63, 3.8) is 0 Å². The summed E-state index contributed by atoms with van der Waals surface area (Å²) in [7, 11) is 1.35. The Kier molecular flexibility index (Phi) is 8.08. The van der Waals surface area contributed by atoms with Crippen molar-refractivity contribution in [1.82, 2.24) is 0 Å². The van der Waals surface area contributed by atoms with Crippen LogP contribution in [-0.4, -0.2) is 103 Å². The van der Waals surface area contributed by atoms with Crippen molar-refractivity contribution in [2.75, 3.05) is 7.11 Å². The third-order valence-electron chi connectivity index (χ3n) is 7.69. The Morgan fingerprint density at radius 1 is 0.786 bits per heavy atom. The molecular formula is C28H32O14. The van der Waals surface area contributed by atoms with E-state index in [9.17, 15) is 45.6 Å². The first-order valence-corrected chi connectivity index (χ1v) is 13.1. The molecule has 0 radical (unpaired) electrons. The van der Waals surface area contributed by atoms with Gasteiger partial charge < -0.3 is 64.2 Å². The Bertz CT molecular complexity index is 1520. The molecule has 0 bridgehead atoms. The molecule has 8 N–H and O–H groups in total. The number of aliphatic hydroxyl groups is 5. The minimum absolute atomic E-state index is 0.0398. The molecule has 42 heavy (non-hydrogen) atoms. The van der Waals surface area contributed by atoms with Gasteiger partial charge in [-0.2, -0.15) is 0 Å². The maximum Gasteiger partial charge on any atom is 0.197 e. The Morgan fingerprint density at radius 2 is 1.45 bits per heavy atom. The van der Waals surface area contributed by atoms with Crippen LogP contribution in [0.3, 0.4) is 0 Å². The quantitative estimate of drug-likeness (QED) is 0.195. The van der Waals surface area contributed by atoms with Gasteiger partial charge in [0.25, 0.3) is 0 Å². The predicted molar refractivity (Wildman–Crippen MR) is 142 cm³/mol. The maximum atomic E-state index is 13.2. The van der Waals surface area contributed by atoms with Gasteiger partial charge >= 0.3 is 0 Å². The molecular weight excluding hydrogens is 560 g/mol. The number of hydrogen-bond acceptors (Lipinski definition) is 14. The van der Waals surface area contributed by atoms with E-state index >= 15 is 0 Å². The topological polar surface area (TPSA) is 229 Å². The van der Waals surface area contributed by atoms with Gasteiger partial charge in [0.1, 0.15) is 71.0 Å². The average molecular weight is 593 g/mol. The lowest BCUT2D eigenvalue weighted by Crippen LogP contribution is -2.61. The molecule has 10 atom stereocenters. The van der Waals surface area contributed by atoms with Crippen LogP contribution in [0.4, 0.5) is 0 Å². The number of hydrogen-bond donors (Lipinski definition) is 8. The van der Waals surface area contributed by atoms with Crippen LogP contribution in [0.15, 0.2) is 39.5 Å². The number of phenolic OH excluding ortho intramolecular Hbond substituents is 3. The summed E-state index contributed by atoms with van der Waals surface area (Å²) < 4.78 is 27.9. The van der Waals surface area contributed by atoms with E-state index in [1.54, 1.807) is 0 Å². The van der Waals surface area contributed by atoms with Crippen molar-refractivity contribution in [3.05, 3.63) is 46.1 Å². The number of phenols is 3. The highest BCUT2D eigenvalue weighted by atomic mass is 16.7. The summed E-state index contributed by atoms with van der Waals surface area (Å²) in [5.74, 6) is -1.35. The molecule has 2 aliphatic heterocycles. The van der Waals surface area contributed by atoms with Crippen molar-refractivity contribution >= 4 is 11.0 Å². The van der Waals surface area contributed by atoms with Crippen LogP contribution < -0.4 is 10.2 Å². The highest BCUT2D eigenvalue weighted by Gasteiger charge is 2.50. The molecule has 228 valence electrons. The Hall–Kier alpha value is -3.47. The van der Waals surface area contributed by atoms with Crippen molar-refractivity contribution in [2.45, 2.75) is 75.1 Å². The number of fused-ring (bicyclic) bond motifs is 1. The monoisotopic (exact) mass is 592 g/mol. The van der Waals surface area contributed by atoms with Crippen molar-refractivity contribution in [1.29, 1.82) is 0 Å². The summed E-state index contributed by atoms with van der Waals surface area (Å²) in [5, 5.41) is 83.9. The molecule has 14 heteroatoms. The van der Waals surface area contributed by atoms with Crippen molar-refractivity contribution < 1.29 is 64.2 Å². The summed E-state index contributed by atoms with van der Waals surface area (Å²) in [6.45, 7) is 2.84. The first kappa shape index (κ1) is 30.0. The summed E-state index contributed by atoms with van der Waals surface area (Å²) in [4.78, 5) is 13.2. The van der Waals surface area contributed by atoms with Gasteiger partial charge in [-0.05, 0) is 32.0 Å². The van der Waals surface area contributed by atoms with Gasteiger partial charge in [-0.25, -0.2) is 0 Å². The van der Waals surface area contributed by atoms with E-state index in [0.29, 0.717) is 5.56 Å². The highest BCUT2D eigenvalue weighted by Crippen LogP contribution is 2.46. The van der Waals surface area contributed by atoms with Gasteiger partial charge in [0.2, 0.25) is 0 Å². The fourth-order valence-electron chi connectivity index (χ4n) is 5.26. The second kappa shape index (κ2) is 11.3. The summed E-state index contributed by atoms with van der Waals surface area (Å²) >= 11 is 0. The minimum atomic E-state index is -1.77. The van der Waals surface area contributed by atoms with Crippen LogP contribution in [0.2, 0.25) is 0 Å². The van der Waals surface area contributed by atoms with Crippen LogP contribution in [0.5, 0.6) is 23.0 Å². The molecule has 14 nitrogen and oxygen atoms in total. The number of aliphatic hydroxyl groups excluding tert-OH is 5. The van der Waals surface area contributed by atoms with Crippen LogP contribution in [-0.2, 0) is 14.2 Å². The van der Waals surface area contributed by atoms with E-state index in [0.717, 1.165) is 12.1 Å². The van der Waals surface area contributed by atoms with E-state index in [4.69, 9.17) is 23.4 Å². The fourth-order valence-corrected chi connectivity index (χ4v) is 5.26. The molecule has 3 heterocycles. The second-order valence-corrected chi connectivity index (χ2v) is 10.4. The zero-order valence-electron chi connectivity index (χ0n) is 22.7. The number of ether oxygens (including phenoxy) is 4. The summed E-state index contributed by atoms with van der Waals surface area (Å²) in [6.07, 6.45) is -14.9. The van der Waals surface area contributed by atoms with Gasteiger partial charge in [-0.1, -0.05) is 0 Å². The first-order valence-electron chi connectivity index (χ1n) is 13.1. The lowest BCUT2D eigenvalue weighted by Gasteiger charge is -2.46. The second-order valence-electron chi connectivity index (χ2n) is 10.4. The van der Waals surface area contributed by atoms with E-state index in [1.807, 2.05) is 0 Å². The van der Waals surface area contributed by atoms with Crippen LogP contribution >= 0.6 is 0 Å². The van der Waals surface area contributed by atoms with Gasteiger partial charge in [0.05, 0.1) is 24.9 Å². The maximum absolute atomic E-state index is 13.2. The smallest absolute Gasteiger partial charge is 0.197 e. The SMILES string of the molecule is COc1cc(-c2cc(=O)c3c(O)c(C4O[C@@H](C)[C@@H](O)[C@@H](O)[C@H]4O[C@@H]4O[C@@H](C)[C@H](O)[C@@H](O)[C@H]4O)c(O)cc3o2)ccc1O. The van der Waals surface area contributed by atoms with Crippen LogP contribution in [0, 0.1) is 0 Å². The standard InChI is InChI=1S/C28H32O14/c1-9-21(33)24(36)27(42-28-25(37)23(35)20(32)10(2)40-28)26(39-9)19-14(31)8-17-18(22(19)34)13(30)7-15(41-17)11-4-5-12(29)16(6-11)38-3/h4-10,20-21,23-29,31-37H,1-3H3/t9-,10-,20-,21+,23+,24+,25+,26?,27+,28-/m0/s1. The lowest BCUT2D eigenvalue weighted by atomic mass is 9.89. The molecule has 1 aromatic heterocycles. The molecule has 2 saturated heterocycles. The first-order chi connectivity index (χ1) is 19.8. The van der Waals surface area contributed by atoms with Gasteiger partial charge in [0, 0.05) is 17.7 Å². The zero-order valence-corrected chi connectivity index (χ0v) is 22.7. The van der Waals surface area contributed by atoms with E-state index in [2.05, 4.69) is 0 Å². The zero-order chi connectivity index (χ0) is 30.6. The molecule has 0 amide bonds. The van der Waals surface area contributed by atoms with Crippen molar-refractivity contribution in [2.24, 2.45) is 0 Å². The molecule has 2 aromatic carbocycles. The highest BCUT2D eigenvalue weighted by molar-refractivity contribution is 5.88. The van der Waals surface area contributed by atoms with Crippen molar-refractivity contribution in [3.8, 4) is 34.3 Å². The third kappa shape index (κ3) is 5.05. The Morgan fingerprint density at radius 3 is 2.14 bits per heavy atom. The normalized spacial score (nSPS) is 33.5. The molecule has 2 aliphatic rings. The third-order valence-corrected chi connectivity index (χ3v) is 7.69. The lowest BCUT2D eigenvalue weighted by molar-refractivity contribution is -0.336. The average Bonchev–Trinajstić information content (AvgIpc) is 2.95. The molecule has 2 fully saturated rings. The van der Waals surface area contributed by atoms with E-state index in [-0.39, 0.29) is 33.8 Å². The van der Waals surface area contributed by atoms with Gasteiger partial charge in [-0.15, -0.1) is 0 Å². The number of methoxy groups -OCH3 is 1. The number of rotatable bonds is 5. The van der Waals surface area contributed by atoms with E-state index in [1.165, 1.54) is 39.2 Å².